The molecule has 1 N–H and O–H groups in total. The number of carbonyl (C=O) groups is 4. The number of carbonyl (C=O) groups excluding carboxylic acids is 4. The molecule has 7 rings (SSSR count). The van der Waals surface area contributed by atoms with Gasteiger partial charge in [-0.1, -0.05) is 91.0 Å². The molecule has 0 saturated carbocycles. The zero-order valence-electron chi connectivity index (χ0n) is 20.8. The predicted octanol–water partition coefficient (Wildman–Crippen LogP) is 5.12. The highest BCUT2D eigenvalue weighted by molar-refractivity contribution is 6.37. The lowest BCUT2D eigenvalue weighted by atomic mass is 9.60. The molecule has 196 valence electrons. The fourth-order valence-electron chi connectivity index (χ4n) is 6.78. The highest BCUT2D eigenvalue weighted by Crippen LogP contribution is 2.68. The number of fused-ring (bicyclic) bond motifs is 2. The molecule has 0 amide bonds. The zero-order valence-corrected chi connectivity index (χ0v) is 20.8. The van der Waals surface area contributed by atoms with Gasteiger partial charge in [-0.3, -0.25) is 24.4 Å². The lowest BCUT2D eigenvalue weighted by Crippen LogP contribution is -2.51. The van der Waals surface area contributed by atoms with Gasteiger partial charge in [-0.15, -0.1) is 0 Å². The van der Waals surface area contributed by atoms with Gasteiger partial charge in [-0.05, 0) is 23.3 Å². The standard InChI is InChI=1S/C32H20NO7/c34-26-21-13-4-5-14-22(21)27(35)31(26)25(19-11-8-12-20(17-19)33(38)39)32(40-30(31)18-9-2-1-3-10-18)28(36)23-15-6-7-16-24(23)29(32)37/h1-17,25,30,38H/q-1/t25-,30+/m1/s1. The van der Waals surface area contributed by atoms with E-state index in [2.05, 4.69) is 0 Å². The van der Waals surface area contributed by atoms with Crippen molar-refractivity contribution < 1.29 is 29.1 Å². The third-order valence-corrected chi connectivity index (χ3v) is 8.36. The van der Waals surface area contributed by atoms with Gasteiger partial charge in [0, 0.05) is 22.3 Å². The second-order valence-electron chi connectivity index (χ2n) is 10.2. The Balaban J connectivity index is 1.60. The Bertz CT molecular complexity index is 1690. The Labute approximate surface area is 228 Å². The van der Waals surface area contributed by atoms with E-state index >= 15 is 0 Å². The van der Waals surface area contributed by atoms with Gasteiger partial charge in [0.15, 0.2) is 11.6 Å². The third-order valence-electron chi connectivity index (χ3n) is 8.36. The first-order chi connectivity index (χ1) is 19.3. The topological polar surface area (TPSA) is 124 Å². The van der Waals surface area contributed by atoms with Crippen LogP contribution < -0.4 is 5.23 Å². The Hall–Kier alpha value is -4.76. The number of ketones is 4. The van der Waals surface area contributed by atoms with Crippen molar-refractivity contribution in [2.75, 3.05) is 5.23 Å². The number of ether oxygens (including phenoxy) is 1. The maximum atomic E-state index is 14.6. The third kappa shape index (κ3) is 2.84. The van der Waals surface area contributed by atoms with Crippen LogP contribution in [0.15, 0.2) is 103 Å². The summed E-state index contributed by atoms with van der Waals surface area (Å²) in [5.74, 6) is -3.94. The lowest BCUT2D eigenvalue weighted by Gasteiger charge is -2.35. The molecule has 4 aromatic rings. The number of rotatable bonds is 3. The summed E-state index contributed by atoms with van der Waals surface area (Å²) in [5.41, 5.74) is -3.34. The van der Waals surface area contributed by atoms with Gasteiger partial charge in [0.05, 0.1) is 11.6 Å². The van der Waals surface area contributed by atoms with Crippen LogP contribution >= 0.6 is 0 Å². The van der Waals surface area contributed by atoms with Crippen molar-refractivity contribution >= 4 is 28.8 Å². The first-order valence-electron chi connectivity index (χ1n) is 12.7. The average Bonchev–Trinajstić information content (AvgIpc) is 3.52. The second-order valence-corrected chi connectivity index (χ2v) is 10.2. The Morgan fingerprint density at radius 2 is 1.10 bits per heavy atom. The normalized spacial score (nSPS) is 21.8. The second kappa shape index (κ2) is 8.37. The molecular formula is C32H20NO7-. The quantitative estimate of drug-likeness (QED) is 0.286. The van der Waals surface area contributed by atoms with E-state index in [0.717, 1.165) is 0 Å². The summed E-state index contributed by atoms with van der Waals surface area (Å²) in [6.45, 7) is 0. The van der Waals surface area contributed by atoms with E-state index in [1.165, 1.54) is 36.4 Å². The van der Waals surface area contributed by atoms with Crippen molar-refractivity contribution in [3.05, 3.63) is 142 Å². The van der Waals surface area contributed by atoms with Crippen molar-refractivity contribution in [3.8, 4) is 0 Å². The molecule has 1 aliphatic heterocycles. The minimum Gasteiger partial charge on any atom is -0.733 e. The van der Waals surface area contributed by atoms with Gasteiger partial charge in [0.1, 0.15) is 11.5 Å². The van der Waals surface area contributed by atoms with Gasteiger partial charge in [0.2, 0.25) is 17.2 Å². The number of anilines is 1. The number of nitrogens with zero attached hydrogens (tertiary/aromatic N) is 1. The van der Waals surface area contributed by atoms with Crippen LogP contribution in [-0.4, -0.2) is 33.9 Å². The molecule has 40 heavy (non-hydrogen) atoms. The summed E-state index contributed by atoms with van der Waals surface area (Å²) in [4.78, 5) is 57.9. The van der Waals surface area contributed by atoms with Gasteiger partial charge >= 0.3 is 0 Å². The number of Topliss-reactive ketones (excluding diaryl/α,β-unsaturated/α-hetero) is 4. The summed E-state index contributed by atoms with van der Waals surface area (Å²) in [7, 11) is 0. The van der Waals surface area contributed by atoms with Crippen LogP contribution in [0, 0.1) is 10.6 Å². The van der Waals surface area contributed by atoms with Crippen molar-refractivity contribution in [2.24, 2.45) is 5.41 Å². The first kappa shape index (κ1) is 24.3. The molecule has 0 unspecified atom stereocenters. The molecule has 8 nitrogen and oxygen atoms in total. The van der Waals surface area contributed by atoms with Crippen LogP contribution in [0.3, 0.4) is 0 Å². The highest BCUT2D eigenvalue weighted by atomic mass is 16.8. The van der Waals surface area contributed by atoms with Crippen molar-refractivity contribution in [1.82, 2.24) is 0 Å². The Kier molecular flexibility index (Phi) is 5.08. The summed E-state index contributed by atoms with van der Waals surface area (Å²) >= 11 is 0. The fourth-order valence-corrected chi connectivity index (χ4v) is 6.78. The number of hydrogen-bond acceptors (Lipinski definition) is 8. The number of hydrogen-bond donors (Lipinski definition) is 1. The van der Waals surface area contributed by atoms with Crippen molar-refractivity contribution in [3.63, 3.8) is 0 Å². The van der Waals surface area contributed by atoms with E-state index in [1.54, 1.807) is 66.7 Å². The predicted molar refractivity (Wildman–Crippen MR) is 142 cm³/mol. The molecule has 1 heterocycles. The highest BCUT2D eigenvalue weighted by Gasteiger charge is 2.79. The molecular weight excluding hydrogens is 510 g/mol. The first-order valence-corrected chi connectivity index (χ1v) is 12.7. The Morgan fingerprint density at radius 3 is 1.62 bits per heavy atom. The van der Waals surface area contributed by atoms with Gasteiger partial charge in [-0.25, -0.2) is 0 Å². The van der Waals surface area contributed by atoms with Gasteiger partial charge in [-0.2, -0.15) is 0 Å². The van der Waals surface area contributed by atoms with Crippen molar-refractivity contribution in [2.45, 2.75) is 17.6 Å². The van der Waals surface area contributed by atoms with Crippen LogP contribution in [0.25, 0.3) is 0 Å². The molecule has 0 aromatic heterocycles. The zero-order chi connectivity index (χ0) is 27.8. The largest absolute Gasteiger partial charge is 0.733 e. The van der Waals surface area contributed by atoms with E-state index in [1.807, 2.05) is 0 Å². The maximum absolute atomic E-state index is 14.6. The maximum Gasteiger partial charge on any atom is 0.204 e. The van der Waals surface area contributed by atoms with E-state index in [0.29, 0.717) is 5.56 Å². The minimum absolute atomic E-state index is 0.125. The molecule has 0 bridgehead atoms. The van der Waals surface area contributed by atoms with Crippen LogP contribution in [0.5, 0.6) is 0 Å². The molecule has 1 fully saturated rings. The van der Waals surface area contributed by atoms with E-state index in [-0.39, 0.29) is 38.7 Å². The summed E-state index contributed by atoms with van der Waals surface area (Å²) in [6.07, 6.45) is -1.31. The summed E-state index contributed by atoms with van der Waals surface area (Å²) in [5, 5.41) is 21.3. The number of benzene rings is 4. The molecule has 2 atom stereocenters. The lowest BCUT2D eigenvalue weighted by molar-refractivity contribution is -0.0210. The smallest absolute Gasteiger partial charge is 0.204 e. The van der Waals surface area contributed by atoms with Crippen LogP contribution in [-0.2, 0) is 4.74 Å². The van der Waals surface area contributed by atoms with Gasteiger partial charge in [0.25, 0.3) is 0 Å². The monoisotopic (exact) mass is 530 g/mol. The minimum atomic E-state index is -2.28. The van der Waals surface area contributed by atoms with E-state index in [9.17, 15) is 29.6 Å². The van der Waals surface area contributed by atoms with E-state index < -0.39 is 46.2 Å². The average molecular weight is 531 g/mol. The molecule has 3 aliphatic rings. The van der Waals surface area contributed by atoms with E-state index in [4.69, 9.17) is 4.74 Å². The van der Waals surface area contributed by atoms with Crippen LogP contribution in [0.1, 0.15) is 64.6 Å². The molecule has 2 spiro atoms. The fraction of sp³-hybridized carbons (Fsp3) is 0.125. The molecule has 1 saturated heterocycles. The molecule has 2 aliphatic carbocycles. The van der Waals surface area contributed by atoms with Crippen LogP contribution in [0.4, 0.5) is 5.69 Å². The van der Waals surface area contributed by atoms with Crippen molar-refractivity contribution in [1.29, 1.82) is 0 Å². The van der Waals surface area contributed by atoms with Crippen LogP contribution in [0.2, 0.25) is 0 Å². The molecule has 8 heteroatoms. The summed E-state index contributed by atoms with van der Waals surface area (Å²) in [6, 6.07) is 26.9. The Morgan fingerprint density at radius 1 is 0.625 bits per heavy atom. The molecule has 0 radical (unpaired) electrons. The SMILES string of the molecule is O=C1c2ccccc2C(=O)C12O[C@@H](c1ccccc1)C1(C(=O)c3ccccc3C1=O)[C@H]2c1cccc(N([O-])O)c1. The molecule has 4 aromatic carbocycles. The van der Waals surface area contributed by atoms with Gasteiger partial charge < -0.3 is 15.2 Å². The summed E-state index contributed by atoms with van der Waals surface area (Å²) < 4.78 is 6.59.